The quantitative estimate of drug-likeness (QED) is 0.624. The Morgan fingerprint density at radius 1 is 1.20 bits per heavy atom. The summed E-state index contributed by atoms with van der Waals surface area (Å²) < 4.78 is 5.83. The second kappa shape index (κ2) is 8.86. The van der Waals surface area contributed by atoms with Crippen LogP contribution < -0.4 is 10.2 Å². The Hall–Kier alpha value is -2.89. The number of fused-ring (bicyclic) bond motifs is 1. The van der Waals surface area contributed by atoms with Gasteiger partial charge < -0.3 is 14.6 Å². The first kappa shape index (κ1) is 20.4. The molecule has 0 saturated carbocycles. The van der Waals surface area contributed by atoms with Crippen LogP contribution in [0.5, 0.6) is 0 Å². The first-order valence-corrected chi connectivity index (χ1v) is 10.8. The SMILES string of the molecule is Cc1nc(N2CCCC(C(=O)NCCCc3ccccc3)C2)c2c(C)c(C)oc2n1. The van der Waals surface area contributed by atoms with Gasteiger partial charge in [0.25, 0.3) is 0 Å². The summed E-state index contributed by atoms with van der Waals surface area (Å²) in [6.45, 7) is 8.17. The normalized spacial score (nSPS) is 16.8. The van der Waals surface area contributed by atoms with Crippen LogP contribution in [0.15, 0.2) is 34.7 Å². The van der Waals surface area contributed by atoms with Crippen LogP contribution in [-0.4, -0.2) is 35.5 Å². The first-order chi connectivity index (χ1) is 14.5. The Kier molecular flexibility index (Phi) is 6.02. The van der Waals surface area contributed by atoms with E-state index in [1.165, 1.54) is 5.56 Å². The number of carbonyl (C=O) groups excluding carboxylic acids is 1. The van der Waals surface area contributed by atoms with E-state index in [0.29, 0.717) is 24.6 Å². The molecule has 1 fully saturated rings. The summed E-state index contributed by atoms with van der Waals surface area (Å²) in [5, 5.41) is 4.12. The molecule has 6 nitrogen and oxygen atoms in total. The lowest BCUT2D eigenvalue weighted by atomic mass is 9.96. The first-order valence-electron chi connectivity index (χ1n) is 10.8. The molecule has 1 aromatic carbocycles. The van der Waals surface area contributed by atoms with Crippen molar-refractivity contribution in [2.45, 2.75) is 46.5 Å². The van der Waals surface area contributed by atoms with Crippen LogP contribution in [0.1, 0.15) is 42.0 Å². The predicted molar refractivity (Wildman–Crippen MR) is 119 cm³/mol. The molecule has 1 aliphatic heterocycles. The zero-order chi connectivity index (χ0) is 21.1. The average Bonchev–Trinajstić information content (AvgIpc) is 3.04. The van der Waals surface area contributed by atoms with Crippen LogP contribution in [0, 0.1) is 26.7 Å². The highest BCUT2D eigenvalue weighted by Crippen LogP contribution is 2.33. The van der Waals surface area contributed by atoms with Crippen molar-refractivity contribution in [2.75, 3.05) is 24.5 Å². The van der Waals surface area contributed by atoms with Gasteiger partial charge in [-0.05, 0) is 52.0 Å². The molecule has 0 bridgehead atoms. The summed E-state index contributed by atoms with van der Waals surface area (Å²) in [7, 11) is 0. The Labute approximate surface area is 177 Å². The lowest BCUT2D eigenvalue weighted by molar-refractivity contribution is -0.125. The van der Waals surface area contributed by atoms with Crippen molar-refractivity contribution in [1.29, 1.82) is 0 Å². The molecular weight excluding hydrogens is 376 g/mol. The maximum absolute atomic E-state index is 12.8. The molecule has 6 heteroatoms. The summed E-state index contributed by atoms with van der Waals surface area (Å²) in [4.78, 5) is 24.2. The maximum Gasteiger partial charge on any atom is 0.231 e. The zero-order valence-corrected chi connectivity index (χ0v) is 18.1. The number of carbonyl (C=O) groups is 1. The summed E-state index contributed by atoms with van der Waals surface area (Å²) in [5.74, 6) is 2.59. The number of amides is 1. The summed E-state index contributed by atoms with van der Waals surface area (Å²) >= 11 is 0. The minimum absolute atomic E-state index is 0.0194. The molecule has 158 valence electrons. The van der Waals surface area contributed by atoms with Crippen LogP contribution in [0.3, 0.4) is 0 Å². The topological polar surface area (TPSA) is 71.3 Å². The predicted octanol–water partition coefficient (Wildman–Crippen LogP) is 4.11. The number of piperidine rings is 1. The van der Waals surface area contributed by atoms with E-state index < -0.39 is 0 Å². The number of nitrogens with zero attached hydrogens (tertiary/aromatic N) is 3. The van der Waals surface area contributed by atoms with Gasteiger partial charge in [-0.15, -0.1) is 0 Å². The highest BCUT2D eigenvalue weighted by atomic mass is 16.3. The van der Waals surface area contributed by atoms with E-state index in [1.54, 1.807) is 0 Å². The van der Waals surface area contributed by atoms with Gasteiger partial charge in [-0.3, -0.25) is 4.79 Å². The van der Waals surface area contributed by atoms with Crippen LogP contribution in [0.25, 0.3) is 11.1 Å². The van der Waals surface area contributed by atoms with E-state index in [9.17, 15) is 4.79 Å². The Bertz CT molecular complexity index is 1030. The number of aryl methyl sites for hydroxylation is 4. The van der Waals surface area contributed by atoms with Crippen molar-refractivity contribution in [3.05, 3.63) is 53.0 Å². The second-order valence-corrected chi connectivity index (χ2v) is 8.22. The number of hydrogen-bond acceptors (Lipinski definition) is 5. The fourth-order valence-corrected chi connectivity index (χ4v) is 4.24. The van der Waals surface area contributed by atoms with Gasteiger partial charge in [-0.1, -0.05) is 30.3 Å². The van der Waals surface area contributed by atoms with E-state index in [-0.39, 0.29) is 11.8 Å². The lowest BCUT2D eigenvalue weighted by Gasteiger charge is -2.33. The monoisotopic (exact) mass is 406 g/mol. The third-order valence-corrected chi connectivity index (χ3v) is 6.00. The molecule has 1 N–H and O–H groups in total. The van der Waals surface area contributed by atoms with Crippen LogP contribution in [0.2, 0.25) is 0 Å². The molecule has 1 saturated heterocycles. The third-order valence-electron chi connectivity index (χ3n) is 6.00. The smallest absolute Gasteiger partial charge is 0.231 e. The molecule has 1 atom stereocenters. The van der Waals surface area contributed by atoms with Crippen LogP contribution in [-0.2, 0) is 11.2 Å². The molecule has 1 unspecified atom stereocenters. The number of aromatic nitrogens is 2. The van der Waals surface area contributed by atoms with Crippen molar-refractivity contribution in [1.82, 2.24) is 15.3 Å². The molecule has 3 heterocycles. The van der Waals surface area contributed by atoms with Crippen LogP contribution >= 0.6 is 0 Å². The van der Waals surface area contributed by atoms with Crippen molar-refractivity contribution >= 4 is 22.8 Å². The molecule has 0 aliphatic carbocycles. The molecule has 30 heavy (non-hydrogen) atoms. The van der Waals surface area contributed by atoms with Crippen LogP contribution in [0.4, 0.5) is 5.82 Å². The summed E-state index contributed by atoms with van der Waals surface area (Å²) in [6.07, 6.45) is 3.82. The van der Waals surface area contributed by atoms with Crippen molar-refractivity contribution in [2.24, 2.45) is 5.92 Å². The van der Waals surface area contributed by atoms with E-state index in [4.69, 9.17) is 9.40 Å². The molecule has 1 amide bonds. The molecule has 2 aromatic heterocycles. The number of hydrogen-bond donors (Lipinski definition) is 1. The van der Waals surface area contributed by atoms with Gasteiger partial charge in [0.2, 0.25) is 11.6 Å². The third kappa shape index (κ3) is 4.32. The number of furan rings is 1. The summed E-state index contributed by atoms with van der Waals surface area (Å²) in [5.41, 5.74) is 3.02. The minimum Gasteiger partial charge on any atom is -0.443 e. The largest absolute Gasteiger partial charge is 0.443 e. The molecule has 3 aromatic rings. The standard InChI is InChI=1S/C24H30N4O2/c1-16-17(2)30-24-21(16)22(26-18(3)27-24)28-14-8-12-20(15-28)23(29)25-13-7-11-19-9-5-4-6-10-19/h4-6,9-10,20H,7-8,11-15H2,1-3H3,(H,25,29). The van der Waals surface area contributed by atoms with E-state index in [1.807, 2.05) is 26.8 Å². The Morgan fingerprint density at radius 2 is 2.00 bits per heavy atom. The number of rotatable bonds is 6. The fraction of sp³-hybridized carbons (Fsp3) is 0.458. The summed E-state index contributed by atoms with van der Waals surface area (Å²) in [6, 6.07) is 10.4. The fourth-order valence-electron chi connectivity index (χ4n) is 4.24. The van der Waals surface area contributed by atoms with Crippen molar-refractivity contribution in [3.63, 3.8) is 0 Å². The van der Waals surface area contributed by atoms with Gasteiger partial charge in [0.05, 0.1) is 11.3 Å². The van der Waals surface area contributed by atoms with Gasteiger partial charge in [0.1, 0.15) is 17.4 Å². The van der Waals surface area contributed by atoms with Crippen molar-refractivity contribution < 1.29 is 9.21 Å². The highest BCUT2D eigenvalue weighted by molar-refractivity contribution is 5.90. The second-order valence-electron chi connectivity index (χ2n) is 8.22. The Balaban J connectivity index is 1.40. The van der Waals surface area contributed by atoms with E-state index in [2.05, 4.69) is 39.5 Å². The van der Waals surface area contributed by atoms with Gasteiger partial charge in [-0.25, -0.2) is 4.98 Å². The molecule has 1 aliphatic rings. The van der Waals surface area contributed by atoms with E-state index in [0.717, 1.165) is 54.8 Å². The average molecular weight is 407 g/mol. The van der Waals surface area contributed by atoms with Gasteiger partial charge in [-0.2, -0.15) is 4.98 Å². The molecule has 0 spiro atoms. The van der Waals surface area contributed by atoms with Crippen molar-refractivity contribution in [3.8, 4) is 0 Å². The molecular formula is C24H30N4O2. The number of anilines is 1. The molecule has 4 rings (SSSR count). The molecule has 0 radical (unpaired) electrons. The number of benzene rings is 1. The minimum atomic E-state index is -0.0194. The van der Waals surface area contributed by atoms with E-state index >= 15 is 0 Å². The Morgan fingerprint density at radius 3 is 2.80 bits per heavy atom. The number of nitrogens with one attached hydrogen (secondary N) is 1. The lowest BCUT2D eigenvalue weighted by Crippen LogP contribution is -2.43. The van der Waals surface area contributed by atoms with Gasteiger partial charge >= 0.3 is 0 Å². The highest BCUT2D eigenvalue weighted by Gasteiger charge is 2.28. The van der Waals surface area contributed by atoms with Gasteiger partial charge in [0.15, 0.2) is 0 Å². The zero-order valence-electron chi connectivity index (χ0n) is 18.1. The maximum atomic E-state index is 12.8. The van der Waals surface area contributed by atoms with Gasteiger partial charge in [0, 0.05) is 25.2 Å².